The van der Waals surface area contributed by atoms with Crippen molar-refractivity contribution < 1.29 is 5.11 Å². The van der Waals surface area contributed by atoms with Crippen LogP contribution in [0.25, 0.3) is 21.3 Å². The summed E-state index contributed by atoms with van der Waals surface area (Å²) < 4.78 is 0. The fourth-order valence-electron chi connectivity index (χ4n) is 3.01. The summed E-state index contributed by atoms with van der Waals surface area (Å²) in [4.78, 5) is 13.7. The molecule has 0 radical (unpaired) electrons. The van der Waals surface area contributed by atoms with E-state index in [9.17, 15) is 5.11 Å². The van der Waals surface area contributed by atoms with Crippen molar-refractivity contribution in [3.63, 3.8) is 0 Å². The molecule has 1 aromatic carbocycles. The van der Waals surface area contributed by atoms with Crippen LogP contribution in [0.5, 0.6) is 0 Å². The lowest BCUT2D eigenvalue weighted by atomic mass is 10.0. The van der Waals surface area contributed by atoms with Gasteiger partial charge in [0.1, 0.15) is 11.4 Å². The van der Waals surface area contributed by atoms with Crippen molar-refractivity contribution in [1.29, 1.82) is 0 Å². The Labute approximate surface area is 138 Å². The van der Waals surface area contributed by atoms with E-state index in [1.165, 1.54) is 0 Å². The number of β-amino-alcohol motifs (C(OH)–C–C–N with tert-alkyl or cyclic N) is 1. The van der Waals surface area contributed by atoms with Crippen LogP contribution >= 0.6 is 11.8 Å². The smallest absolute Gasteiger partial charge is 0.117 e. The minimum absolute atomic E-state index is 0.325. The van der Waals surface area contributed by atoms with E-state index in [0.717, 1.165) is 34.6 Å². The van der Waals surface area contributed by atoms with Crippen molar-refractivity contribution in [2.24, 2.45) is 5.11 Å². The highest BCUT2D eigenvalue weighted by atomic mass is 32.2. The van der Waals surface area contributed by atoms with E-state index in [2.05, 4.69) is 31.0 Å². The number of likely N-dealkylation sites (tertiary alicyclic amines) is 1. The molecule has 1 aliphatic heterocycles. The molecule has 1 aliphatic rings. The summed E-state index contributed by atoms with van der Waals surface area (Å²) >= 11 is 1.61. The van der Waals surface area contributed by atoms with Gasteiger partial charge in [-0.25, -0.2) is 9.97 Å². The Morgan fingerprint density at radius 2 is 2.35 bits per heavy atom. The van der Waals surface area contributed by atoms with Gasteiger partial charge in [-0.15, -0.1) is 11.8 Å². The van der Waals surface area contributed by atoms with E-state index in [0.29, 0.717) is 13.0 Å². The van der Waals surface area contributed by atoms with E-state index in [4.69, 9.17) is 5.53 Å². The van der Waals surface area contributed by atoms with Gasteiger partial charge in [-0.05, 0) is 36.4 Å². The molecule has 2 heterocycles. The average Bonchev–Trinajstić information content (AvgIpc) is 2.57. The van der Waals surface area contributed by atoms with Gasteiger partial charge in [-0.1, -0.05) is 17.2 Å². The second-order valence-electron chi connectivity index (χ2n) is 5.56. The van der Waals surface area contributed by atoms with Gasteiger partial charge in [0.2, 0.25) is 0 Å². The van der Waals surface area contributed by atoms with Crippen LogP contribution in [0, 0.1) is 0 Å². The zero-order valence-corrected chi connectivity index (χ0v) is 13.6. The van der Waals surface area contributed by atoms with E-state index < -0.39 is 6.10 Å². The molecule has 0 aliphatic carbocycles. The third kappa shape index (κ3) is 3.40. The Morgan fingerprint density at radius 1 is 1.48 bits per heavy atom. The third-order valence-corrected chi connectivity index (χ3v) is 4.83. The first-order valence-corrected chi connectivity index (χ1v) is 8.66. The fourth-order valence-corrected chi connectivity index (χ4v) is 3.60. The number of nitrogens with zero attached hydrogens (tertiary/aromatic N) is 6. The molecule has 2 atom stereocenters. The van der Waals surface area contributed by atoms with Crippen LogP contribution in [0.3, 0.4) is 0 Å². The molecule has 0 bridgehead atoms. The number of piperidine rings is 1. The molecule has 120 valence electrons. The number of thioether (sulfide) groups is 1. The number of benzene rings is 1. The number of hydrogen-bond acceptors (Lipinski definition) is 6. The van der Waals surface area contributed by atoms with Crippen LogP contribution in [-0.4, -0.2) is 51.5 Å². The molecule has 8 heteroatoms. The first kappa shape index (κ1) is 16.0. The van der Waals surface area contributed by atoms with E-state index >= 15 is 0 Å². The van der Waals surface area contributed by atoms with Crippen LogP contribution in [-0.2, 0) is 6.54 Å². The summed E-state index contributed by atoms with van der Waals surface area (Å²) in [5.74, 6) is 0. The molecular formula is C15H18N6OS. The number of fused-ring (bicyclic) bond motifs is 1. The summed E-state index contributed by atoms with van der Waals surface area (Å²) in [7, 11) is 0. The zero-order chi connectivity index (χ0) is 16.2. The summed E-state index contributed by atoms with van der Waals surface area (Å²) in [6, 6.07) is 5.74. The lowest BCUT2D eigenvalue weighted by molar-refractivity contribution is 0.0503. The summed E-state index contributed by atoms with van der Waals surface area (Å²) in [5.41, 5.74) is 10.6. The molecule has 1 saturated heterocycles. The number of aliphatic hydroxyl groups excluding tert-OH is 1. The van der Waals surface area contributed by atoms with Crippen LogP contribution in [0.2, 0.25) is 0 Å². The Bertz CT molecular complexity index is 743. The number of azide groups is 1. The highest BCUT2D eigenvalue weighted by molar-refractivity contribution is 7.98. The zero-order valence-electron chi connectivity index (χ0n) is 12.8. The largest absolute Gasteiger partial charge is 0.391 e. The third-order valence-electron chi connectivity index (χ3n) is 4.13. The lowest BCUT2D eigenvalue weighted by Crippen LogP contribution is -2.45. The Morgan fingerprint density at radius 3 is 3.09 bits per heavy atom. The molecule has 7 nitrogen and oxygen atoms in total. The fraction of sp³-hybridized carbons (Fsp3) is 0.467. The number of aromatic nitrogens is 2. The van der Waals surface area contributed by atoms with E-state index in [1.807, 2.05) is 18.4 Å². The van der Waals surface area contributed by atoms with Gasteiger partial charge < -0.3 is 5.11 Å². The molecule has 23 heavy (non-hydrogen) atoms. The minimum atomic E-state index is -0.620. The maximum absolute atomic E-state index is 10.1. The van der Waals surface area contributed by atoms with Gasteiger partial charge in [-0.3, -0.25) is 4.90 Å². The van der Waals surface area contributed by atoms with Crippen molar-refractivity contribution >= 4 is 22.7 Å². The first-order valence-electron chi connectivity index (χ1n) is 7.44. The van der Waals surface area contributed by atoms with Gasteiger partial charge in [0.25, 0.3) is 0 Å². The molecule has 2 aromatic rings. The Kier molecular flexibility index (Phi) is 4.97. The average molecular weight is 330 g/mol. The predicted octanol–water partition coefficient (Wildman–Crippen LogP) is 2.60. The molecule has 3 rings (SSSR count). The molecule has 0 amide bonds. The van der Waals surface area contributed by atoms with E-state index in [-0.39, 0.29) is 6.04 Å². The van der Waals surface area contributed by atoms with Crippen LogP contribution < -0.4 is 0 Å². The summed E-state index contributed by atoms with van der Waals surface area (Å²) in [5, 5.41) is 15.8. The number of rotatable bonds is 4. The maximum Gasteiger partial charge on any atom is 0.117 e. The van der Waals surface area contributed by atoms with Crippen molar-refractivity contribution in [2.75, 3.05) is 19.3 Å². The van der Waals surface area contributed by atoms with Crippen LogP contribution in [0.15, 0.2) is 34.7 Å². The lowest BCUT2D eigenvalue weighted by Gasteiger charge is -2.34. The van der Waals surface area contributed by atoms with Crippen LogP contribution in [0.4, 0.5) is 0 Å². The van der Waals surface area contributed by atoms with Crippen molar-refractivity contribution in [3.05, 3.63) is 40.5 Å². The highest BCUT2D eigenvalue weighted by Gasteiger charge is 2.27. The van der Waals surface area contributed by atoms with Gasteiger partial charge in [0, 0.05) is 23.4 Å². The van der Waals surface area contributed by atoms with Crippen molar-refractivity contribution in [2.45, 2.75) is 30.1 Å². The molecular weight excluding hydrogens is 312 g/mol. The minimum Gasteiger partial charge on any atom is -0.391 e. The summed E-state index contributed by atoms with van der Waals surface area (Å²) in [6.45, 7) is 2.01. The number of hydrogen-bond donors (Lipinski definition) is 1. The van der Waals surface area contributed by atoms with Crippen molar-refractivity contribution in [1.82, 2.24) is 14.9 Å². The predicted molar refractivity (Wildman–Crippen MR) is 90.2 cm³/mol. The molecule has 1 aromatic heterocycles. The molecule has 0 unspecified atom stereocenters. The summed E-state index contributed by atoms with van der Waals surface area (Å²) in [6.07, 6.45) is 3.65. The molecule has 1 N–H and O–H groups in total. The van der Waals surface area contributed by atoms with Gasteiger partial charge in [-0.2, -0.15) is 0 Å². The second-order valence-corrected chi connectivity index (χ2v) is 6.35. The Balaban J connectivity index is 1.84. The van der Waals surface area contributed by atoms with E-state index in [1.54, 1.807) is 18.1 Å². The Hall–Kier alpha value is -1.86. The molecule has 0 spiro atoms. The topological polar surface area (TPSA) is 98.0 Å². The quantitative estimate of drug-likeness (QED) is 0.305. The first-order chi connectivity index (χ1) is 11.2. The van der Waals surface area contributed by atoms with Gasteiger partial charge in [0.05, 0.1) is 17.7 Å². The standard InChI is InChI=1S/C15H18N6OS/c1-23-15-14-10(3-2-4-12(14)17-9-18-15)7-21-6-5-11(19-20-16)13(22)8-21/h2-4,9,11,13,22H,5-8H2,1H3/t11-,13-/m1/s1. The number of aliphatic hydroxyl groups is 1. The molecule has 1 fully saturated rings. The monoisotopic (exact) mass is 330 g/mol. The molecule has 0 saturated carbocycles. The second kappa shape index (κ2) is 7.14. The van der Waals surface area contributed by atoms with Crippen molar-refractivity contribution in [3.8, 4) is 0 Å². The SMILES string of the molecule is CSc1ncnc2cccc(CN3CC[C@@H](N=[N+]=[N-])[C@H](O)C3)c12. The van der Waals surface area contributed by atoms with Crippen LogP contribution in [0.1, 0.15) is 12.0 Å². The highest BCUT2D eigenvalue weighted by Crippen LogP contribution is 2.27. The normalized spacial score (nSPS) is 22.0. The van der Waals surface area contributed by atoms with Gasteiger partial charge >= 0.3 is 0 Å². The maximum atomic E-state index is 10.1. The van der Waals surface area contributed by atoms with Gasteiger partial charge in [0.15, 0.2) is 0 Å².